The van der Waals surface area contributed by atoms with Crippen LogP contribution in [-0.2, 0) is 14.2 Å². The molecule has 0 radical (unpaired) electrons. The minimum atomic E-state index is -1.77. The van der Waals surface area contributed by atoms with Gasteiger partial charge in [0.25, 0.3) is 0 Å². The van der Waals surface area contributed by atoms with Gasteiger partial charge in [0.2, 0.25) is 17.5 Å². The summed E-state index contributed by atoms with van der Waals surface area (Å²) in [6.45, 7) is 0.751. The second kappa shape index (κ2) is 11.6. The van der Waals surface area contributed by atoms with Crippen LogP contribution in [-0.4, -0.2) is 114 Å². The van der Waals surface area contributed by atoms with Gasteiger partial charge in [-0.25, -0.2) is 0 Å². The Hall–Kier alpha value is -3.51. The van der Waals surface area contributed by atoms with Gasteiger partial charge in [0.1, 0.15) is 70.9 Å². The lowest BCUT2D eigenvalue weighted by Crippen LogP contribution is -2.64. The van der Waals surface area contributed by atoms with Gasteiger partial charge in [0, 0.05) is 17.7 Å². The van der Waals surface area contributed by atoms with Gasteiger partial charge in [-0.2, -0.15) is 0 Å². The smallest absolute Gasteiger partial charge is 0.238 e. The van der Waals surface area contributed by atoms with Crippen molar-refractivity contribution in [2.24, 2.45) is 0 Å². The summed E-state index contributed by atoms with van der Waals surface area (Å²) < 4.78 is 27.9. The lowest BCUT2D eigenvalue weighted by molar-refractivity contribution is -0.348. The van der Waals surface area contributed by atoms with Crippen LogP contribution in [0.1, 0.15) is 6.92 Å². The maximum atomic E-state index is 12.8. The number of aliphatic hydroxyl groups excluding tert-OH is 6. The van der Waals surface area contributed by atoms with E-state index >= 15 is 0 Å². The highest BCUT2D eigenvalue weighted by Gasteiger charge is 2.50. The van der Waals surface area contributed by atoms with Gasteiger partial charge >= 0.3 is 0 Å². The predicted molar refractivity (Wildman–Crippen MR) is 139 cm³/mol. The van der Waals surface area contributed by atoms with Crippen molar-refractivity contribution in [2.45, 2.75) is 68.3 Å². The average molecular weight is 595 g/mol. The fraction of sp³-hybridized carbons (Fsp3) is 0.444. The third-order valence-electron chi connectivity index (χ3n) is 7.22. The molecule has 0 aliphatic carbocycles. The zero-order chi connectivity index (χ0) is 30.5. The zero-order valence-electron chi connectivity index (χ0n) is 21.9. The van der Waals surface area contributed by atoms with Crippen LogP contribution in [0.5, 0.6) is 23.0 Å². The minimum absolute atomic E-state index is 0.0574. The van der Waals surface area contributed by atoms with Crippen LogP contribution in [0.15, 0.2) is 45.6 Å². The SMILES string of the molecule is C[C@@H]1O[C@@H](Oc2cc(O)c3c(=O)c(O)c(-c4ccc(O)cc4)oc3c2)[C@H](O)[C@H](O)[C@H]1O[C@@H]1O[C@H](CO)[C@@H](O)[C@H](O)[C@H]1O. The summed E-state index contributed by atoms with van der Waals surface area (Å²) in [6.07, 6.45) is -15.3. The monoisotopic (exact) mass is 594 g/mol. The van der Waals surface area contributed by atoms with Crippen LogP contribution in [0.2, 0.25) is 0 Å². The molecule has 0 saturated carbocycles. The number of fused-ring (bicyclic) bond motifs is 1. The first-order chi connectivity index (χ1) is 19.9. The van der Waals surface area contributed by atoms with Gasteiger partial charge in [-0.15, -0.1) is 0 Å². The highest BCUT2D eigenvalue weighted by Crippen LogP contribution is 2.37. The predicted octanol–water partition coefficient (Wildman–Crippen LogP) is -1.39. The molecule has 0 spiro atoms. The molecule has 10 atom stereocenters. The molecule has 2 saturated heterocycles. The van der Waals surface area contributed by atoms with Crippen molar-refractivity contribution in [3.05, 3.63) is 46.6 Å². The number of hydrogen-bond acceptors (Lipinski definition) is 15. The summed E-state index contributed by atoms with van der Waals surface area (Å²) in [7, 11) is 0. The van der Waals surface area contributed by atoms with Crippen LogP contribution in [0.3, 0.4) is 0 Å². The van der Waals surface area contributed by atoms with E-state index in [4.69, 9.17) is 23.4 Å². The second-order valence-corrected chi connectivity index (χ2v) is 10.1. The fourth-order valence-corrected chi connectivity index (χ4v) is 4.90. The quantitative estimate of drug-likeness (QED) is 0.159. The Bertz CT molecular complexity index is 1470. The average Bonchev–Trinajstić information content (AvgIpc) is 2.96. The van der Waals surface area contributed by atoms with Crippen molar-refractivity contribution in [1.29, 1.82) is 0 Å². The molecule has 2 aromatic carbocycles. The molecule has 1 aromatic heterocycles. The largest absolute Gasteiger partial charge is 0.508 e. The van der Waals surface area contributed by atoms with E-state index in [0.29, 0.717) is 0 Å². The van der Waals surface area contributed by atoms with Gasteiger partial charge in [-0.05, 0) is 31.2 Å². The molecule has 42 heavy (non-hydrogen) atoms. The summed E-state index contributed by atoms with van der Waals surface area (Å²) in [5.41, 5.74) is -0.878. The van der Waals surface area contributed by atoms with Crippen LogP contribution < -0.4 is 10.2 Å². The number of aliphatic hydroxyl groups is 6. The van der Waals surface area contributed by atoms with Crippen LogP contribution in [0.25, 0.3) is 22.3 Å². The lowest BCUT2D eigenvalue weighted by Gasteiger charge is -2.45. The van der Waals surface area contributed by atoms with Gasteiger partial charge in [-0.3, -0.25) is 4.79 Å². The van der Waals surface area contributed by atoms with Crippen molar-refractivity contribution in [1.82, 2.24) is 0 Å². The van der Waals surface area contributed by atoms with Crippen molar-refractivity contribution >= 4 is 11.0 Å². The highest BCUT2D eigenvalue weighted by atomic mass is 16.7. The van der Waals surface area contributed by atoms with Crippen LogP contribution in [0.4, 0.5) is 0 Å². The summed E-state index contributed by atoms with van der Waals surface area (Å²) in [4.78, 5) is 12.8. The molecular weight excluding hydrogens is 564 g/mol. The van der Waals surface area contributed by atoms with Crippen molar-refractivity contribution in [3.63, 3.8) is 0 Å². The number of phenolic OH excluding ortho intramolecular Hbond substituents is 2. The van der Waals surface area contributed by atoms with Gasteiger partial charge in [0.05, 0.1) is 12.7 Å². The Morgan fingerprint density at radius 1 is 0.833 bits per heavy atom. The molecule has 0 bridgehead atoms. The first kappa shape index (κ1) is 30.0. The Balaban J connectivity index is 1.37. The summed E-state index contributed by atoms with van der Waals surface area (Å²) >= 11 is 0. The number of ether oxygens (including phenoxy) is 4. The normalized spacial score (nSPS) is 33.5. The van der Waals surface area contributed by atoms with E-state index in [1.54, 1.807) is 0 Å². The van der Waals surface area contributed by atoms with E-state index in [1.807, 2.05) is 0 Å². The van der Waals surface area contributed by atoms with Gasteiger partial charge < -0.3 is 69.3 Å². The molecular formula is C27H30O15. The van der Waals surface area contributed by atoms with E-state index in [1.165, 1.54) is 37.3 Å². The molecule has 3 heterocycles. The van der Waals surface area contributed by atoms with Crippen LogP contribution in [0, 0.1) is 0 Å². The number of phenols is 2. The van der Waals surface area contributed by atoms with Gasteiger partial charge in [-0.1, -0.05) is 0 Å². The van der Waals surface area contributed by atoms with Crippen molar-refractivity contribution in [2.75, 3.05) is 6.61 Å². The standard InChI is InChI=1S/C27H30O15/c1-9-24(42-27-22(36)19(33)17(31)15(8-28)41-27)21(35)23(37)26(38-9)39-12-6-13(30)16-14(7-12)40-25(20(34)18(16)32)10-2-4-11(29)5-3-10/h2-7,9,15,17,19,21-24,26-31,33-37H,8H2,1H3/t9-,15+,17+,19-,21-,22+,23+,24-,26-,27-/m0/s1. The molecule has 2 fully saturated rings. The summed E-state index contributed by atoms with van der Waals surface area (Å²) in [6, 6.07) is 7.65. The molecule has 9 N–H and O–H groups in total. The minimum Gasteiger partial charge on any atom is -0.508 e. The number of rotatable bonds is 6. The summed E-state index contributed by atoms with van der Waals surface area (Å²) in [5, 5.41) is 91.3. The van der Waals surface area contributed by atoms with E-state index in [0.717, 1.165) is 6.07 Å². The highest BCUT2D eigenvalue weighted by molar-refractivity contribution is 5.88. The van der Waals surface area contributed by atoms with Crippen molar-refractivity contribution in [3.8, 4) is 34.3 Å². The number of aromatic hydroxyl groups is 3. The Labute approximate surface area is 236 Å². The molecule has 5 rings (SSSR count). The van der Waals surface area contributed by atoms with Crippen LogP contribution >= 0.6 is 0 Å². The second-order valence-electron chi connectivity index (χ2n) is 10.1. The maximum absolute atomic E-state index is 12.8. The Kier molecular flexibility index (Phi) is 8.30. The Morgan fingerprint density at radius 2 is 1.50 bits per heavy atom. The molecule has 0 unspecified atom stereocenters. The lowest BCUT2D eigenvalue weighted by atomic mass is 9.97. The topological polar surface area (TPSA) is 249 Å². The maximum Gasteiger partial charge on any atom is 0.238 e. The molecule has 15 nitrogen and oxygen atoms in total. The fourth-order valence-electron chi connectivity index (χ4n) is 4.90. The third kappa shape index (κ3) is 5.37. The van der Waals surface area contributed by atoms with E-state index < -0.39 is 84.9 Å². The molecule has 15 heteroatoms. The number of benzene rings is 2. The molecule has 2 aliphatic rings. The summed E-state index contributed by atoms with van der Waals surface area (Å²) in [5.74, 6) is -1.84. The first-order valence-electron chi connectivity index (χ1n) is 12.9. The van der Waals surface area contributed by atoms with E-state index in [2.05, 4.69) is 0 Å². The molecule has 0 amide bonds. The zero-order valence-corrected chi connectivity index (χ0v) is 21.9. The Morgan fingerprint density at radius 3 is 2.17 bits per heavy atom. The van der Waals surface area contributed by atoms with Gasteiger partial charge in [0.15, 0.2) is 12.1 Å². The first-order valence-corrected chi connectivity index (χ1v) is 12.9. The number of hydrogen-bond donors (Lipinski definition) is 9. The van der Waals surface area contributed by atoms with E-state index in [9.17, 15) is 50.8 Å². The molecule has 2 aliphatic heterocycles. The molecule has 228 valence electrons. The van der Waals surface area contributed by atoms with Crippen molar-refractivity contribution < 1.29 is 69.3 Å². The third-order valence-corrected chi connectivity index (χ3v) is 7.22. The van der Waals surface area contributed by atoms with E-state index in [-0.39, 0.29) is 33.8 Å². The molecule has 3 aromatic rings.